The summed E-state index contributed by atoms with van der Waals surface area (Å²) in [7, 11) is 3.67. The van der Waals surface area contributed by atoms with Crippen LogP contribution in [0.15, 0.2) is 41.4 Å². The molecule has 0 aliphatic carbocycles. The number of nitrogens with zero attached hydrogens (tertiary/aromatic N) is 4. The zero-order valence-electron chi connectivity index (χ0n) is 17.5. The monoisotopic (exact) mass is 410 g/mol. The fourth-order valence-corrected chi connectivity index (χ4v) is 3.29. The molecule has 0 radical (unpaired) electrons. The lowest BCUT2D eigenvalue weighted by Crippen LogP contribution is -2.14. The standard InChI is InChI=1S/C22H26N4O2S/c1-6-26(4)14-23-18-11-16(3)20(12-15(18)2)28-22-24-21(25-29-22)13-17-9-7-8-10-19(17)27-5/h7-12,14H,6,13H2,1-5H3/b23-14+. The van der Waals surface area contributed by atoms with Crippen molar-refractivity contribution < 1.29 is 9.47 Å². The van der Waals surface area contributed by atoms with E-state index in [1.165, 1.54) is 11.5 Å². The highest BCUT2D eigenvalue weighted by Crippen LogP contribution is 2.32. The molecule has 0 fully saturated rings. The van der Waals surface area contributed by atoms with Gasteiger partial charge in [0.2, 0.25) is 0 Å². The van der Waals surface area contributed by atoms with Gasteiger partial charge in [-0.2, -0.15) is 9.36 Å². The molecule has 7 heteroatoms. The van der Waals surface area contributed by atoms with Crippen LogP contribution in [0, 0.1) is 13.8 Å². The van der Waals surface area contributed by atoms with E-state index < -0.39 is 0 Å². The molecular weight excluding hydrogens is 384 g/mol. The van der Waals surface area contributed by atoms with Crippen LogP contribution < -0.4 is 9.47 Å². The lowest BCUT2D eigenvalue weighted by atomic mass is 10.1. The summed E-state index contributed by atoms with van der Waals surface area (Å²) in [5.41, 5.74) is 4.03. The zero-order chi connectivity index (χ0) is 20.8. The van der Waals surface area contributed by atoms with Crippen LogP contribution in [0.1, 0.15) is 29.4 Å². The number of aliphatic imine (C=N–C) groups is 1. The molecule has 0 amide bonds. The second-order valence-electron chi connectivity index (χ2n) is 6.79. The number of para-hydroxylation sites is 1. The summed E-state index contributed by atoms with van der Waals surface area (Å²) in [6.07, 6.45) is 2.44. The number of methoxy groups -OCH3 is 1. The van der Waals surface area contributed by atoms with Gasteiger partial charge in [-0.3, -0.25) is 0 Å². The van der Waals surface area contributed by atoms with E-state index in [-0.39, 0.29) is 0 Å². The first-order valence-corrected chi connectivity index (χ1v) is 10.3. The number of benzene rings is 2. The number of rotatable bonds is 8. The predicted octanol–water partition coefficient (Wildman–Crippen LogP) is 5.16. The summed E-state index contributed by atoms with van der Waals surface area (Å²) in [5, 5.41) is 0.527. The van der Waals surface area contributed by atoms with Crippen molar-refractivity contribution in [2.75, 3.05) is 20.7 Å². The average Bonchev–Trinajstić information content (AvgIpc) is 3.16. The zero-order valence-corrected chi connectivity index (χ0v) is 18.3. The molecular formula is C22H26N4O2S. The van der Waals surface area contributed by atoms with Gasteiger partial charge in [-0.05, 0) is 50.1 Å². The first-order valence-electron chi connectivity index (χ1n) is 9.48. The molecule has 1 heterocycles. The maximum Gasteiger partial charge on any atom is 0.298 e. The van der Waals surface area contributed by atoms with Gasteiger partial charge in [-0.15, -0.1) is 0 Å². The van der Waals surface area contributed by atoms with E-state index in [0.717, 1.165) is 40.4 Å². The Balaban J connectivity index is 1.74. The van der Waals surface area contributed by atoms with Gasteiger partial charge in [-0.1, -0.05) is 18.2 Å². The number of aromatic nitrogens is 2. The molecule has 0 saturated carbocycles. The molecule has 0 atom stereocenters. The van der Waals surface area contributed by atoms with E-state index in [1.807, 2.05) is 68.5 Å². The Morgan fingerprint density at radius 1 is 1.14 bits per heavy atom. The van der Waals surface area contributed by atoms with Crippen LogP contribution in [0.4, 0.5) is 5.69 Å². The van der Waals surface area contributed by atoms with Crippen LogP contribution in [0.5, 0.6) is 16.7 Å². The van der Waals surface area contributed by atoms with E-state index in [0.29, 0.717) is 17.4 Å². The molecule has 0 bridgehead atoms. The van der Waals surface area contributed by atoms with Crippen molar-refractivity contribution in [3.8, 4) is 16.7 Å². The van der Waals surface area contributed by atoms with E-state index in [4.69, 9.17) is 9.47 Å². The fourth-order valence-electron chi connectivity index (χ4n) is 2.73. The summed E-state index contributed by atoms with van der Waals surface area (Å²) in [4.78, 5) is 11.1. The Bertz CT molecular complexity index is 1000. The molecule has 0 aliphatic heterocycles. The molecule has 29 heavy (non-hydrogen) atoms. The number of hydrogen-bond donors (Lipinski definition) is 0. The van der Waals surface area contributed by atoms with Crippen LogP contribution in [-0.2, 0) is 6.42 Å². The van der Waals surface area contributed by atoms with Crippen LogP contribution in [0.25, 0.3) is 0 Å². The average molecular weight is 411 g/mol. The van der Waals surface area contributed by atoms with Gasteiger partial charge >= 0.3 is 0 Å². The van der Waals surface area contributed by atoms with Gasteiger partial charge < -0.3 is 14.4 Å². The minimum Gasteiger partial charge on any atom is -0.496 e. The molecule has 3 aromatic rings. The number of aryl methyl sites for hydroxylation is 2. The Kier molecular flexibility index (Phi) is 6.82. The maximum absolute atomic E-state index is 6.02. The van der Waals surface area contributed by atoms with Crippen molar-refractivity contribution in [3.63, 3.8) is 0 Å². The Hall–Kier alpha value is -2.93. The van der Waals surface area contributed by atoms with Crippen LogP contribution in [0.3, 0.4) is 0 Å². The van der Waals surface area contributed by atoms with Crippen molar-refractivity contribution >= 4 is 23.6 Å². The molecule has 1 aromatic heterocycles. The van der Waals surface area contributed by atoms with Gasteiger partial charge in [0.05, 0.1) is 19.1 Å². The van der Waals surface area contributed by atoms with Crippen molar-refractivity contribution in [1.82, 2.24) is 14.3 Å². The summed E-state index contributed by atoms with van der Waals surface area (Å²) >= 11 is 1.25. The third-order valence-corrected chi connectivity index (χ3v) is 5.21. The second kappa shape index (κ2) is 9.52. The smallest absolute Gasteiger partial charge is 0.298 e. The van der Waals surface area contributed by atoms with Gasteiger partial charge in [0.1, 0.15) is 11.5 Å². The highest BCUT2D eigenvalue weighted by atomic mass is 32.1. The largest absolute Gasteiger partial charge is 0.496 e. The van der Waals surface area contributed by atoms with E-state index >= 15 is 0 Å². The minimum absolute atomic E-state index is 0.527. The quantitative estimate of drug-likeness (QED) is 0.379. The van der Waals surface area contributed by atoms with E-state index in [2.05, 4.69) is 21.3 Å². The third-order valence-electron chi connectivity index (χ3n) is 4.57. The molecule has 3 rings (SSSR count). The van der Waals surface area contributed by atoms with Crippen molar-refractivity contribution in [3.05, 3.63) is 58.9 Å². The first-order chi connectivity index (χ1) is 14.0. The molecule has 2 aromatic carbocycles. The van der Waals surface area contributed by atoms with Crippen molar-refractivity contribution in [2.45, 2.75) is 27.2 Å². The van der Waals surface area contributed by atoms with Gasteiger partial charge in [0.15, 0.2) is 5.82 Å². The Morgan fingerprint density at radius 3 is 2.69 bits per heavy atom. The lowest BCUT2D eigenvalue weighted by molar-refractivity contribution is 0.410. The van der Waals surface area contributed by atoms with E-state index in [9.17, 15) is 0 Å². The van der Waals surface area contributed by atoms with E-state index in [1.54, 1.807) is 7.11 Å². The maximum atomic E-state index is 6.02. The molecule has 0 saturated heterocycles. The molecule has 0 aliphatic rings. The van der Waals surface area contributed by atoms with Crippen LogP contribution >= 0.6 is 11.5 Å². The Morgan fingerprint density at radius 2 is 1.93 bits per heavy atom. The SMILES string of the molecule is CCN(C)/C=N/c1cc(C)c(Oc2nc(Cc3ccccc3OC)ns2)cc1C. The second-order valence-corrected chi connectivity index (χ2v) is 7.50. The fraction of sp³-hybridized carbons (Fsp3) is 0.318. The molecule has 0 N–H and O–H groups in total. The van der Waals surface area contributed by atoms with Crippen LogP contribution in [-0.4, -0.2) is 41.3 Å². The summed E-state index contributed by atoms with van der Waals surface area (Å²) in [5.74, 6) is 2.32. The highest BCUT2D eigenvalue weighted by molar-refractivity contribution is 7.07. The molecule has 0 spiro atoms. The molecule has 0 unspecified atom stereocenters. The summed E-state index contributed by atoms with van der Waals surface area (Å²) in [6, 6.07) is 11.9. The van der Waals surface area contributed by atoms with Gasteiger partial charge in [0, 0.05) is 37.1 Å². The predicted molar refractivity (Wildman–Crippen MR) is 118 cm³/mol. The first kappa shape index (κ1) is 20.8. The molecule has 6 nitrogen and oxygen atoms in total. The summed E-state index contributed by atoms with van der Waals surface area (Å²) < 4.78 is 15.9. The summed E-state index contributed by atoms with van der Waals surface area (Å²) in [6.45, 7) is 7.04. The third kappa shape index (κ3) is 5.32. The van der Waals surface area contributed by atoms with Gasteiger partial charge in [0.25, 0.3) is 5.19 Å². The lowest BCUT2D eigenvalue weighted by Gasteiger charge is -2.11. The van der Waals surface area contributed by atoms with Crippen molar-refractivity contribution in [2.24, 2.45) is 4.99 Å². The highest BCUT2D eigenvalue weighted by Gasteiger charge is 2.12. The van der Waals surface area contributed by atoms with Gasteiger partial charge in [-0.25, -0.2) is 4.99 Å². The number of hydrogen-bond acceptors (Lipinski definition) is 6. The number of ether oxygens (including phenoxy) is 2. The topological polar surface area (TPSA) is 59.8 Å². The molecule has 152 valence electrons. The minimum atomic E-state index is 0.527. The normalized spacial score (nSPS) is 11.1. The van der Waals surface area contributed by atoms with Crippen molar-refractivity contribution in [1.29, 1.82) is 0 Å². The van der Waals surface area contributed by atoms with Crippen LogP contribution in [0.2, 0.25) is 0 Å². The Labute approximate surface area is 176 Å².